The summed E-state index contributed by atoms with van der Waals surface area (Å²) in [6, 6.07) is 4.98. The van der Waals surface area contributed by atoms with Crippen LogP contribution in [0.15, 0.2) is 18.2 Å². The molecule has 0 heterocycles. The highest BCUT2D eigenvalue weighted by Crippen LogP contribution is 2.22. The number of benzene rings is 1. The van der Waals surface area contributed by atoms with E-state index in [-0.39, 0.29) is 17.3 Å². The van der Waals surface area contributed by atoms with E-state index in [1.54, 1.807) is 18.2 Å². The molecule has 0 amide bonds. The maximum atomic E-state index is 11.0. The van der Waals surface area contributed by atoms with Gasteiger partial charge in [0.2, 0.25) is 0 Å². The first kappa shape index (κ1) is 14.7. The molecule has 1 rings (SSSR count). The van der Waals surface area contributed by atoms with Crippen LogP contribution >= 0.6 is 12.2 Å². The maximum Gasteiger partial charge on any atom is 0.150 e. The third kappa shape index (κ3) is 4.89. The van der Waals surface area contributed by atoms with Crippen LogP contribution in [0, 0.1) is 0 Å². The quantitative estimate of drug-likeness (QED) is 0.779. The molecule has 100 valence electrons. The molecule has 0 unspecified atom stereocenters. The van der Waals surface area contributed by atoms with Crippen LogP contribution in [0.2, 0.25) is 0 Å². The number of ether oxygens (including phenoxy) is 2. The fraction of sp³-hybridized carbons (Fsp3) is 0.364. The molecule has 0 aliphatic carbocycles. The van der Waals surface area contributed by atoms with Crippen LogP contribution in [0.3, 0.4) is 0 Å². The van der Waals surface area contributed by atoms with Gasteiger partial charge < -0.3 is 15.2 Å². The lowest BCUT2D eigenvalue weighted by molar-refractivity contribution is 0.337. The van der Waals surface area contributed by atoms with Crippen LogP contribution in [-0.4, -0.2) is 39.1 Å². The van der Waals surface area contributed by atoms with Crippen LogP contribution < -0.4 is 15.2 Å². The normalized spacial score (nSPS) is 11.0. The SMILES string of the molecule is COc1cc(OCCS(C)(=O)=O)cc(C(N)=S)c1. The highest BCUT2D eigenvalue weighted by Gasteiger charge is 2.06. The molecule has 0 aromatic heterocycles. The fourth-order valence-electron chi connectivity index (χ4n) is 1.23. The van der Waals surface area contributed by atoms with Crippen LogP contribution in [0.25, 0.3) is 0 Å². The van der Waals surface area contributed by atoms with Crippen LogP contribution in [0.4, 0.5) is 0 Å². The highest BCUT2D eigenvalue weighted by atomic mass is 32.2. The summed E-state index contributed by atoms with van der Waals surface area (Å²) in [5.41, 5.74) is 6.14. The summed E-state index contributed by atoms with van der Waals surface area (Å²) in [6.45, 7) is 0.0722. The lowest BCUT2D eigenvalue weighted by Gasteiger charge is -2.09. The zero-order chi connectivity index (χ0) is 13.8. The monoisotopic (exact) mass is 289 g/mol. The largest absolute Gasteiger partial charge is 0.497 e. The Kier molecular flexibility index (Phi) is 4.92. The van der Waals surface area contributed by atoms with Crippen molar-refractivity contribution in [1.82, 2.24) is 0 Å². The van der Waals surface area contributed by atoms with Gasteiger partial charge in [-0.2, -0.15) is 0 Å². The van der Waals surface area contributed by atoms with E-state index in [0.29, 0.717) is 17.1 Å². The minimum Gasteiger partial charge on any atom is -0.497 e. The van der Waals surface area contributed by atoms with Gasteiger partial charge in [-0.05, 0) is 12.1 Å². The zero-order valence-corrected chi connectivity index (χ0v) is 11.8. The average Bonchev–Trinajstić information content (AvgIpc) is 2.26. The van der Waals surface area contributed by atoms with Crippen molar-refractivity contribution in [2.24, 2.45) is 5.73 Å². The van der Waals surface area contributed by atoms with E-state index >= 15 is 0 Å². The van der Waals surface area contributed by atoms with Crippen molar-refractivity contribution >= 4 is 27.0 Å². The molecule has 5 nitrogen and oxygen atoms in total. The van der Waals surface area contributed by atoms with Gasteiger partial charge in [0.15, 0.2) is 9.84 Å². The average molecular weight is 289 g/mol. The van der Waals surface area contributed by atoms with Crippen LogP contribution in [0.5, 0.6) is 11.5 Å². The van der Waals surface area contributed by atoms with E-state index in [2.05, 4.69) is 0 Å². The Morgan fingerprint density at radius 2 is 1.94 bits per heavy atom. The number of thiocarbonyl (C=S) groups is 1. The molecule has 18 heavy (non-hydrogen) atoms. The van der Waals surface area contributed by atoms with Gasteiger partial charge in [0.25, 0.3) is 0 Å². The lowest BCUT2D eigenvalue weighted by Crippen LogP contribution is -2.13. The molecule has 1 aromatic rings. The first-order valence-electron chi connectivity index (χ1n) is 5.11. The Balaban J connectivity index is 2.82. The van der Waals surface area contributed by atoms with Crippen molar-refractivity contribution in [3.05, 3.63) is 23.8 Å². The Bertz CT molecular complexity index is 540. The van der Waals surface area contributed by atoms with Gasteiger partial charge in [0, 0.05) is 17.9 Å². The Morgan fingerprint density at radius 3 is 2.44 bits per heavy atom. The predicted molar refractivity (Wildman–Crippen MR) is 74.1 cm³/mol. The van der Waals surface area contributed by atoms with Crippen LogP contribution in [0.1, 0.15) is 5.56 Å². The topological polar surface area (TPSA) is 78.6 Å². The number of methoxy groups -OCH3 is 1. The molecule has 0 atom stereocenters. The van der Waals surface area contributed by atoms with Crippen LogP contribution in [-0.2, 0) is 9.84 Å². The molecule has 2 N–H and O–H groups in total. The molecule has 0 saturated heterocycles. The van der Waals surface area contributed by atoms with E-state index < -0.39 is 9.84 Å². The number of sulfone groups is 1. The molecule has 0 spiro atoms. The Labute approximate surface area is 112 Å². The second-order valence-corrected chi connectivity index (χ2v) is 6.44. The molecular formula is C11H15NO4S2. The van der Waals surface area contributed by atoms with E-state index in [1.165, 1.54) is 7.11 Å². The zero-order valence-electron chi connectivity index (χ0n) is 10.2. The minimum absolute atomic E-state index is 0.0490. The summed E-state index contributed by atoms with van der Waals surface area (Å²) in [5.74, 6) is 0.975. The third-order valence-corrected chi connectivity index (χ3v) is 3.27. The smallest absolute Gasteiger partial charge is 0.150 e. The summed E-state index contributed by atoms with van der Waals surface area (Å²) in [4.78, 5) is 0.224. The molecule has 0 saturated carbocycles. The van der Waals surface area contributed by atoms with Gasteiger partial charge in [0.05, 0.1) is 12.9 Å². The Hall–Kier alpha value is -1.34. The summed E-state index contributed by atoms with van der Waals surface area (Å²) in [7, 11) is -1.53. The van der Waals surface area contributed by atoms with Gasteiger partial charge in [-0.1, -0.05) is 12.2 Å². The van der Waals surface area contributed by atoms with Gasteiger partial charge in [0.1, 0.15) is 23.1 Å². The van der Waals surface area contributed by atoms with E-state index in [4.69, 9.17) is 27.4 Å². The summed E-state index contributed by atoms with van der Waals surface area (Å²) in [5, 5.41) is 0. The third-order valence-electron chi connectivity index (χ3n) is 2.12. The summed E-state index contributed by atoms with van der Waals surface area (Å²) >= 11 is 4.87. The van der Waals surface area contributed by atoms with E-state index in [1.807, 2.05) is 0 Å². The highest BCUT2D eigenvalue weighted by molar-refractivity contribution is 7.90. The molecule has 1 aromatic carbocycles. The second kappa shape index (κ2) is 6.01. The minimum atomic E-state index is -3.04. The summed E-state index contributed by atoms with van der Waals surface area (Å²) in [6.07, 6.45) is 1.16. The number of hydrogen-bond acceptors (Lipinski definition) is 5. The van der Waals surface area contributed by atoms with Crippen molar-refractivity contribution in [3.63, 3.8) is 0 Å². The first-order chi connectivity index (χ1) is 8.31. The lowest BCUT2D eigenvalue weighted by atomic mass is 10.2. The van der Waals surface area contributed by atoms with Gasteiger partial charge >= 0.3 is 0 Å². The fourth-order valence-corrected chi connectivity index (χ4v) is 1.73. The van der Waals surface area contributed by atoms with Gasteiger partial charge in [-0.3, -0.25) is 0 Å². The molecular weight excluding hydrogens is 274 g/mol. The van der Waals surface area contributed by atoms with Gasteiger partial charge in [-0.25, -0.2) is 8.42 Å². The van der Waals surface area contributed by atoms with E-state index in [0.717, 1.165) is 6.26 Å². The van der Waals surface area contributed by atoms with Gasteiger partial charge in [-0.15, -0.1) is 0 Å². The molecule has 0 bridgehead atoms. The van der Waals surface area contributed by atoms with Crippen molar-refractivity contribution in [2.45, 2.75) is 0 Å². The van der Waals surface area contributed by atoms with Crippen molar-refractivity contribution in [3.8, 4) is 11.5 Å². The number of nitrogens with two attached hydrogens (primary N) is 1. The molecule has 0 radical (unpaired) electrons. The number of hydrogen-bond donors (Lipinski definition) is 1. The van der Waals surface area contributed by atoms with Crippen molar-refractivity contribution in [2.75, 3.05) is 25.7 Å². The number of rotatable bonds is 6. The second-order valence-electron chi connectivity index (χ2n) is 3.74. The summed E-state index contributed by atoms with van der Waals surface area (Å²) < 4.78 is 32.4. The van der Waals surface area contributed by atoms with Crippen molar-refractivity contribution < 1.29 is 17.9 Å². The molecule has 7 heteroatoms. The predicted octanol–water partition coefficient (Wildman–Crippen LogP) is 0.753. The Morgan fingerprint density at radius 1 is 1.33 bits per heavy atom. The molecule has 0 aliphatic rings. The first-order valence-corrected chi connectivity index (χ1v) is 7.58. The molecule has 0 fully saturated rings. The standard InChI is InChI=1S/C11H15NO4S2/c1-15-9-5-8(11(12)17)6-10(7-9)16-3-4-18(2,13)14/h5-7H,3-4H2,1-2H3,(H2,12,17). The molecule has 0 aliphatic heterocycles. The van der Waals surface area contributed by atoms with E-state index in [9.17, 15) is 8.42 Å². The maximum absolute atomic E-state index is 11.0. The van der Waals surface area contributed by atoms with Crippen molar-refractivity contribution in [1.29, 1.82) is 0 Å².